The average Bonchev–Trinajstić information content (AvgIpc) is 2.65. The van der Waals surface area contributed by atoms with E-state index in [0.29, 0.717) is 6.61 Å². The maximum absolute atomic E-state index is 14.0. The number of hydrogen-bond donors (Lipinski definition) is 2. The van der Waals surface area contributed by atoms with E-state index in [4.69, 9.17) is 9.57 Å². The van der Waals surface area contributed by atoms with E-state index < -0.39 is 17.3 Å². The van der Waals surface area contributed by atoms with Gasteiger partial charge in [0.15, 0.2) is 0 Å². The number of nitrogens with one attached hydrogen (secondary N) is 1. The van der Waals surface area contributed by atoms with Crippen LogP contribution in [0.1, 0.15) is 36.7 Å². The molecule has 2 rings (SSSR count). The number of oxime groups is 1. The van der Waals surface area contributed by atoms with E-state index in [1.165, 1.54) is 37.5 Å². The number of aromatic nitrogens is 1. The molecule has 162 valence electrons. The highest BCUT2D eigenvalue weighted by molar-refractivity contribution is 5.96. The van der Waals surface area contributed by atoms with Crippen molar-refractivity contribution in [2.75, 3.05) is 18.5 Å². The first-order valence-corrected chi connectivity index (χ1v) is 9.35. The quantitative estimate of drug-likeness (QED) is 0.367. The fourth-order valence-electron chi connectivity index (χ4n) is 2.61. The maximum Gasteiger partial charge on any atom is 0.339 e. The Labute approximate surface area is 173 Å². The van der Waals surface area contributed by atoms with Crippen LogP contribution in [-0.4, -0.2) is 40.7 Å². The second-order valence-electron chi connectivity index (χ2n) is 7.49. The monoisotopic (exact) mass is 419 g/mol. The molecule has 0 aliphatic rings. The minimum Gasteiger partial charge on any atom is -0.478 e. The predicted molar refractivity (Wildman–Crippen MR) is 112 cm³/mol. The van der Waals surface area contributed by atoms with Gasteiger partial charge in [0.1, 0.15) is 23.8 Å². The second-order valence-corrected chi connectivity index (χ2v) is 7.49. The molecule has 9 heteroatoms. The Hall–Kier alpha value is -3.20. The normalized spacial score (nSPS) is 11.6. The third-order valence-corrected chi connectivity index (χ3v) is 4.03. The molecule has 30 heavy (non-hydrogen) atoms. The molecule has 2 N–H and O–H groups in total. The molecule has 0 fully saturated rings. The zero-order valence-corrected chi connectivity index (χ0v) is 17.4. The minimum atomic E-state index is -1.26. The van der Waals surface area contributed by atoms with E-state index in [9.17, 15) is 19.1 Å². The van der Waals surface area contributed by atoms with Crippen LogP contribution in [0.3, 0.4) is 0 Å². The third kappa shape index (κ3) is 6.41. The number of carbonyl (C=O) groups is 1. The zero-order chi connectivity index (χ0) is 22.3. The minimum absolute atomic E-state index is 0.0250. The number of nitrogens with zero attached hydrogens (tertiary/aromatic N) is 2. The van der Waals surface area contributed by atoms with Gasteiger partial charge < -0.3 is 20.0 Å². The third-order valence-electron chi connectivity index (χ3n) is 4.03. The number of halogens is 1. The summed E-state index contributed by atoms with van der Waals surface area (Å²) in [5, 5.41) is 16.2. The average molecular weight is 419 g/mol. The first kappa shape index (κ1) is 23.1. The van der Waals surface area contributed by atoms with Crippen molar-refractivity contribution in [3.63, 3.8) is 0 Å². The molecule has 1 heterocycles. The van der Waals surface area contributed by atoms with E-state index in [0.717, 1.165) is 4.57 Å². The molecule has 0 radical (unpaired) electrons. The van der Waals surface area contributed by atoms with Crippen LogP contribution in [0.15, 0.2) is 40.3 Å². The largest absolute Gasteiger partial charge is 0.478 e. The summed E-state index contributed by atoms with van der Waals surface area (Å²) in [6, 6.07) is 7.01. The Balaban J connectivity index is 2.21. The number of pyridine rings is 1. The number of benzene rings is 1. The van der Waals surface area contributed by atoms with Gasteiger partial charge in [-0.2, -0.15) is 0 Å². The molecule has 2 aromatic rings. The van der Waals surface area contributed by atoms with Crippen molar-refractivity contribution in [2.24, 2.45) is 12.2 Å². The van der Waals surface area contributed by atoms with Crippen molar-refractivity contribution in [3.8, 4) is 0 Å². The predicted octanol–water partition coefficient (Wildman–Crippen LogP) is 3.33. The van der Waals surface area contributed by atoms with Crippen LogP contribution in [0, 0.1) is 5.82 Å². The zero-order valence-electron chi connectivity index (χ0n) is 17.4. The Morgan fingerprint density at radius 2 is 2.00 bits per heavy atom. The van der Waals surface area contributed by atoms with Gasteiger partial charge in [-0.3, -0.25) is 9.36 Å². The molecule has 1 aromatic carbocycles. The van der Waals surface area contributed by atoms with Crippen molar-refractivity contribution < 1.29 is 23.9 Å². The lowest BCUT2D eigenvalue weighted by molar-refractivity contribution is -0.0339. The summed E-state index contributed by atoms with van der Waals surface area (Å²) in [6.45, 7) is 6.35. The topological polar surface area (TPSA) is 102 Å². The van der Waals surface area contributed by atoms with Crippen LogP contribution >= 0.6 is 0 Å². The molecular formula is C21H26FN3O5. The van der Waals surface area contributed by atoms with E-state index in [-0.39, 0.29) is 41.3 Å². The molecule has 0 aliphatic carbocycles. The molecule has 0 saturated heterocycles. The van der Waals surface area contributed by atoms with E-state index >= 15 is 0 Å². The molecular weight excluding hydrogens is 393 g/mol. The van der Waals surface area contributed by atoms with Gasteiger partial charge in [0.25, 0.3) is 5.56 Å². The highest BCUT2D eigenvalue weighted by Crippen LogP contribution is 2.24. The number of para-hydroxylation sites is 1. The Morgan fingerprint density at radius 3 is 2.63 bits per heavy atom. The molecule has 0 bridgehead atoms. The first-order valence-electron chi connectivity index (χ1n) is 9.35. The standard InChI is InChI=1S/C21H26FN3O5/c1-21(2,3)29-11-12-30-23-10-9-14-13-17(26)25(4)19(18(14)20(27)28)24-16-8-6-5-7-15(16)22/h5-8,10,13,24H,9,11-12H2,1-4H3,(H,27,28)/b23-10+. The number of carboxylic acid groups (broad SMARTS) is 1. The number of anilines is 2. The van der Waals surface area contributed by atoms with Gasteiger partial charge in [-0.05, 0) is 38.5 Å². The van der Waals surface area contributed by atoms with Gasteiger partial charge in [0.05, 0.1) is 17.9 Å². The van der Waals surface area contributed by atoms with Gasteiger partial charge in [-0.25, -0.2) is 9.18 Å². The summed E-state index contributed by atoms with van der Waals surface area (Å²) >= 11 is 0. The van der Waals surface area contributed by atoms with Crippen molar-refractivity contribution >= 4 is 23.7 Å². The number of carboxylic acids is 1. The lowest BCUT2D eigenvalue weighted by atomic mass is 10.1. The van der Waals surface area contributed by atoms with Crippen LogP contribution in [0.4, 0.5) is 15.9 Å². The molecule has 0 amide bonds. The maximum atomic E-state index is 14.0. The summed E-state index contributed by atoms with van der Waals surface area (Å²) in [7, 11) is 1.41. The van der Waals surface area contributed by atoms with Crippen LogP contribution in [0.25, 0.3) is 0 Å². The summed E-state index contributed by atoms with van der Waals surface area (Å²) in [5.74, 6) is -1.85. The molecule has 0 unspecified atom stereocenters. The molecule has 0 atom stereocenters. The molecule has 0 aliphatic heterocycles. The molecule has 8 nitrogen and oxygen atoms in total. The molecule has 0 saturated carbocycles. The summed E-state index contributed by atoms with van der Waals surface area (Å²) in [4.78, 5) is 29.3. The van der Waals surface area contributed by atoms with Crippen molar-refractivity contribution in [3.05, 3.63) is 57.6 Å². The highest BCUT2D eigenvalue weighted by atomic mass is 19.1. The van der Waals surface area contributed by atoms with Crippen LogP contribution < -0.4 is 10.9 Å². The second kappa shape index (κ2) is 10.0. The number of rotatable bonds is 9. The van der Waals surface area contributed by atoms with Crippen molar-refractivity contribution in [2.45, 2.75) is 32.8 Å². The van der Waals surface area contributed by atoms with Crippen LogP contribution in [0.2, 0.25) is 0 Å². The number of hydrogen-bond acceptors (Lipinski definition) is 6. The van der Waals surface area contributed by atoms with Crippen LogP contribution in [0.5, 0.6) is 0 Å². The highest BCUT2D eigenvalue weighted by Gasteiger charge is 2.20. The Morgan fingerprint density at radius 1 is 1.30 bits per heavy atom. The van der Waals surface area contributed by atoms with Gasteiger partial charge in [0.2, 0.25) is 0 Å². The van der Waals surface area contributed by atoms with E-state index in [2.05, 4.69) is 10.5 Å². The van der Waals surface area contributed by atoms with Crippen LogP contribution in [-0.2, 0) is 23.0 Å². The summed E-state index contributed by atoms with van der Waals surface area (Å²) in [5.41, 5.74) is -0.592. The van der Waals surface area contributed by atoms with Crippen molar-refractivity contribution in [1.82, 2.24) is 4.57 Å². The van der Waals surface area contributed by atoms with Gasteiger partial charge in [-0.1, -0.05) is 17.3 Å². The molecule has 0 spiro atoms. The lowest BCUT2D eigenvalue weighted by Gasteiger charge is -2.18. The number of ether oxygens (including phenoxy) is 1. The SMILES string of the molecule is Cn1c(Nc2ccccc2F)c(C(=O)O)c(C/C=N/OCCOC(C)(C)C)cc1=O. The summed E-state index contributed by atoms with van der Waals surface area (Å²) < 4.78 is 20.6. The van der Waals surface area contributed by atoms with E-state index in [1.54, 1.807) is 6.07 Å². The smallest absolute Gasteiger partial charge is 0.339 e. The Kier molecular flexibility index (Phi) is 7.71. The lowest BCUT2D eigenvalue weighted by Crippen LogP contribution is -2.24. The van der Waals surface area contributed by atoms with Gasteiger partial charge in [0, 0.05) is 25.7 Å². The van der Waals surface area contributed by atoms with Crippen molar-refractivity contribution in [1.29, 1.82) is 0 Å². The van der Waals surface area contributed by atoms with E-state index in [1.807, 2.05) is 20.8 Å². The molecule has 1 aromatic heterocycles. The summed E-state index contributed by atoms with van der Waals surface area (Å²) in [6.07, 6.45) is 1.41. The fourth-order valence-corrected chi connectivity index (χ4v) is 2.61. The fraction of sp³-hybridized carbons (Fsp3) is 0.381. The first-order chi connectivity index (χ1) is 14.1. The van der Waals surface area contributed by atoms with Gasteiger partial charge >= 0.3 is 5.97 Å². The number of aromatic carboxylic acids is 1. The van der Waals surface area contributed by atoms with Gasteiger partial charge in [-0.15, -0.1) is 0 Å². The Bertz CT molecular complexity index is 980.